The summed E-state index contributed by atoms with van der Waals surface area (Å²) >= 11 is 7.11. The molecule has 0 saturated heterocycles. The van der Waals surface area contributed by atoms with Crippen LogP contribution in [0.25, 0.3) is 11.6 Å². The second-order valence-electron chi connectivity index (χ2n) is 4.98. The number of nitrogens with zero attached hydrogens (tertiary/aromatic N) is 4. The maximum atomic E-state index is 5.83. The first-order chi connectivity index (χ1) is 12.8. The Balaban J connectivity index is 1.30. The predicted molar refractivity (Wildman–Crippen MR) is 91.6 cm³/mol. The average molecular weight is 391 g/mol. The summed E-state index contributed by atoms with van der Waals surface area (Å²) in [6.07, 6.45) is 1.55. The predicted octanol–water partition coefficient (Wildman–Crippen LogP) is 4.24. The van der Waals surface area contributed by atoms with E-state index in [-0.39, 0.29) is 6.61 Å². The Bertz CT molecular complexity index is 968. The van der Waals surface area contributed by atoms with Gasteiger partial charge in [0.05, 0.1) is 12.0 Å². The van der Waals surface area contributed by atoms with Gasteiger partial charge in [-0.25, -0.2) is 0 Å². The minimum Gasteiger partial charge on any atom is -0.484 e. The summed E-state index contributed by atoms with van der Waals surface area (Å²) in [5.41, 5.74) is 0. The molecule has 0 unspecified atom stereocenters. The zero-order valence-electron chi connectivity index (χ0n) is 13.2. The number of rotatable bonds is 7. The molecule has 0 fully saturated rings. The normalized spacial score (nSPS) is 11.0. The van der Waals surface area contributed by atoms with Crippen molar-refractivity contribution in [2.75, 3.05) is 0 Å². The van der Waals surface area contributed by atoms with Crippen molar-refractivity contribution in [2.24, 2.45) is 0 Å². The van der Waals surface area contributed by atoms with E-state index in [1.807, 2.05) is 0 Å². The molecule has 0 saturated carbocycles. The molecule has 4 aromatic rings. The van der Waals surface area contributed by atoms with E-state index in [2.05, 4.69) is 20.3 Å². The minimum absolute atomic E-state index is 0.165. The van der Waals surface area contributed by atoms with E-state index in [0.29, 0.717) is 45.1 Å². The van der Waals surface area contributed by atoms with Crippen LogP contribution in [0, 0.1) is 0 Å². The van der Waals surface area contributed by atoms with Crippen LogP contribution in [0.5, 0.6) is 5.75 Å². The van der Waals surface area contributed by atoms with Crippen LogP contribution in [0.15, 0.2) is 61.2 Å². The van der Waals surface area contributed by atoms with Crippen LogP contribution in [0.2, 0.25) is 5.02 Å². The zero-order valence-corrected chi connectivity index (χ0v) is 14.7. The fourth-order valence-corrected chi connectivity index (χ4v) is 2.72. The topological polar surface area (TPSA) is 100 Å². The summed E-state index contributed by atoms with van der Waals surface area (Å²) in [4.78, 5) is 4.24. The summed E-state index contributed by atoms with van der Waals surface area (Å²) in [5, 5.41) is 12.8. The van der Waals surface area contributed by atoms with Crippen molar-refractivity contribution >= 4 is 23.4 Å². The van der Waals surface area contributed by atoms with Gasteiger partial charge in [-0.15, -0.1) is 10.2 Å². The molecule has 0 spiro atoms. The first-order valence-corrected chi connectivity index (χ1v) is 8.82. The average Bonchev–Trinajstić information content (AvgIpc) is 3.40. The molecule has 10 heteroatoms. The van der Waals surface area contributed by atoms with E-state index in [9.17, 15) is 0 Å². The summed E-state index contributed by atoms with van der Waals surface area (Å²) in [6, 6.07) is 10.5. The highest BCUT2D eigenvalue weighted by Crippen LogP contribution is 2.23. The van der Waals surface area contributed by atoms with Gasteiger partial charge < -0.3 is 18.1 Å². The van der Waals surface area contributed by atoms with Crippen LogP contribution in [-0.4, -0.2) is 20.3 Å². The number of thioether (sulfide) groups is 1. The standard InChI is InChI=1S/C16H11ClN4O4S/c17-10-3-5-11(6-4-10)23-8-13-19-20-16(24-13)26-9-14-18-15(21-25-14)12-2-1-7-22-12/h1-7H,8-9H2. The molecule has 0 atom stereocenters. The SMILES string of the molecule is Clc1ccc(OCc2nnc(SCc3nc(-c4ccco4)no3)o2)cc1. The summed E-state index contributed by atoms with van der Waals surface area (Å²) in [7, 11) is 0. The van der Waals surface area contributed by atoms with Gasteiger partial charge in [0.25, 0.3) is 11.1 Å². The van der Waals surface area contributed by atoms with Gasteiger partial charge in [0.15, 0.2) is 12.4 Å². The number of ether oxygens (including phenoxy) is 1. The highest BCUT2D eigenvalue weighted by Gasteiger charge is 2.13. The molecule has 8 nitrogen and oxygen atoms in total. The number of halogens is 1. The molecule has 132 valence electrons. The van der Waals surface area contributed by atoms with E-state index in [1.165, 1.54) is 11.8 Å². The molecule has 3 heterocycles. The molecule has 4 rings (SSSR count). The molecule has 0 aliphatic carbocycles. The van der Waals surface area contributed by atoms with Crippen LogP contribution >= 0.6 is 23.4 Å². The molecule has 0 bridgehead atoms. The zero-order chi connectivity index (χ0) is 17.8. The van der Waals surface area contributed by atoms with Gasteiger partial charge in [-0.1, -0.05) is 28.5 Å². The Hall–Kier alpha value is -2.78. The molecule has 1 aromatic carbocycles. The maximum absolute atomic E-state index is 5.83. The van der Waals surface area contributed by atoms with Crippen LogP contribution in [0.4, 0.5) is 0 Å². The third kappa shape index (κ3) is 4.06. The van der Waals surface area contributed by atoms with E-state index >= 15 is 0 Å². The number of aromatic nitrogens is 4. The van der Waals surface area contributed by atoms with E-state index in [0.717, 1.165) is 0 Å². The Kier molecular flexibility index (Phi) is 4.89. The minimum atomic E-state index is 0.165. The quantitative estimate of drug-likeness (QED) is 0.429. The number of benzene rings is 1. The van der Waals surface area contributed by atoms with Crippen LogP contribution in [0.3, 0.4) is 0 Å². The molecule has 3 aromatic heterocycles. The Labute approximate surface area is 156 Å². The highest BCUT2D eigenvalue weighted by atomic mass is 35.5. The molecular formula is C16H11ClN4O4S. The lowest BCUT2D eigenvalue weighted by atomic mass is 10.3. The summed E-state index contributed by atoms with van der Waals surface area (Å²) in [6.45, 7) is 0.165. The lowest BCUT2D eigenvalue weighted by molar-refractivity contribution is 0.252. The fourth-order valence-electron chi connectivity index (χ4n) is 1.97. The monoisotopic (exact) mass is 390 g/mol. The Morgan fingerprint density at radius 2 is 1.96 bits per heavy atom. The largest absolute Gasteiger partial charge is 0.484 e. The number of hydrogen-bond acceptors (Lipinski definition) is 9. The molecule has 0 amide bonds. The Morgan fingerprint density at radius 3 is 2.77 bits per heavy atom. The first-order valence-electron chi connectivity index (χ1n) is 7.46. The lowest BCUT2D eigenvalue weighted by Crippen LogP contribution is -1.95. The summed E-state index contributed by atoms with van der Waals surface area (Å²) in [5.74, 6) is 2.80. The van der Waals surface area contributed by atoms with Gasteiger partial charge in [0, 0.05) is 5.02 Å². The van der Waals surface area contributed by atoms with Gasteiger partial charge in [-0.2, -0.15) is 4.98 Å². The fraction of sp³-hybridized carbons (Fsp3) is 0.125. The number of furan rings is 1. The highest BCUT2D eigenvalue weighted by molar-refractivity contribution is 7.98. The molecule has 0 aliphatic heterocycles. The molecular weight excluding hydrogens is 380 g/mol. The van der Waals surface area contributed by atoms with Gasteiger partial charge in [0.2, 0.25) is 11.7 Å². The third-order valence-electron chi connectivity index (χ3n) is 3.15. The summed E-state index contributed by atoms with van der Waals surface area (Å²) < 4.78 is 21.4. The lowest BCUT2D eigenvalue weighted by Gasteiger charge is -2.02. The van der Waals surface area contributed by atoms with Crippen molar-refractivity contribution in [3.63, 3.8) is 0 Å². The molecule has 0 aliphatic rings. The maximum Gasteiger partial charge on any atom is 0.277 e. The molecule has 0 radical (unpaired) electrons. The second kappa shape index (κ2) is 7.63. The van der Waals surface area contributed by atoms with Gasteiger partial charge in [-0.3, -0.25) is 0 Å². The van der Waals surface area contributed by atoms with Crippen molar-refractivity contribution in [3.05, 3.63) is 59.5 Å². The van der Waals surface area contributed by atoms with Crippen molar-refractivity contribution < 1.29 is 18.1 Å². The molecule has 0 N–H and O–H groups in total. The van der Waals surface area contributed by atoms with E-state index < -0.39 is 0 Å². The number of hydrogen-bond donors (Lipinski definition) is 0. The van der Waals surface area contributed by atoms with Crippen LogP contribution in [-0.2, 0) is 12.4 Å². The van der Waals surface area contributed by atoms with Gasteiger partial charge in [-0.05, 0) is 36.4 Å². The second-order valence-corrected chi connectivity index (χ2v) is 6.35. The van der Waals surface area contributed by atoms with Crippen molar-refractivity contribution in [2.45, 2.75) is 17.6 Å². The van der Waals surface area contributed by atoms with Gasteiger partial charge >= 0.3 is 0 Å². The Morgan fingerprint density at radius 1 is 1.08 bits per heavy atom. The van der Waals surface area contributed by atoms with Crippen LogP contribution in [0.1, 0.15) is 11.8 Å². The van der Waals surface area contributed by atoms with Crippen LogP contribution < -0.4 is 4.74 Å². The smallest absolute Gasteiger partial charge is 0.277 e. The van der Waals surface area contributed by atoms with E-state index in [1.54, 1.807) is 42.7 Å². The van der Waals surface area contributed by atoms with Gasteiger partial charge in [0.1, 0.15) is 5.75 Å². The molecule has 26 heavy (non-hydrogen) atoms. The van der Waals surface area contributed by atoms with Crippen molar-refractivity contribution in [1.82, 2.24) is 20.3 Å². The first kappa shape index (κ1) is 16.7. The third-order valence-corrected chi connectivity index (χ3v) is 4.21. The van der Waals surface area contributed by atoms with Crippen molar-refractivity contribution in [3.8, 4) is 17.3 Å². The van der Waals surface area contributed by atoms with E-state index in [4.69, 9.17) is 29.7 Å². The van der Waals surface area contributed by atoms with Crippen molar-refractivity contribution in [1.29, 1.82) is 0 Å².